The Morgan fingerprint density at radius 2 is 1.91 bits per heavy atom. The van der Waals surface area contributed by atoms with Crippen LogP contribution in [0.3, 0.4) is 0 Å². The van der Waals surface area contributed by atoms with E-state index in [1.165, 1.54) is 12.8 Å². The molecule has 2 heterocycles. The summed E-state index contributed by atoms with van der Waals surface area (Å²) in [5, 5.41) is 0. The standard InChI is InChI=1S/C21H29NO/c1-4-13(5-2)21(23)18-11-17-16-12-20(18)22(3)19(17)10-14-8-6-7-9-15(14)16/h6-9,13,16-20H,4-5,10-12H2,1-3H3. The Labute approximate surface area is 140 Å². The third-order valence-corrected chi connectivity index (χ3v) is 7.18. The first-order valence-corrected chi connectivity index (χ1v) is 9.49. The Morgan fingerprint density at radius 3 is 2.65 bits per heavy atom. The Morgan fingerprint density at radius 1 is 1.17 bits per heavy atom. The topological polar surface area (TPSA) is 20.3 Å². The van der Waals surface area contributed by atoms with Gasteiger partial charge in [0, 0.05) is 23.9 Å². The quantitative estimate of drug-likeness (QED) is 0.836. The van der Waals surface area contributed by atoms with Gasteiger partial charge < -0.3 is 0 Å². The molecular formula is C21H29NO. The van der Waals surface area contributed by atoms with E-state index >= 15 is 0 Å². The average molecular weight is 311 g/mol. The zero-order chi connectivity index (χ0) is 16.1. The number of piperidine rings is 2. The van der Waals surface area contributed by atoms with Gasteiger partial charge in [-0.05, 0) is 62.1 Å². The van der Waals surface area contributed by atoms with Gasteiger partial charge in [0.1, 0.15) is 5.78 Å². The molecule has 2 saturated heterocycles. The fourth-order valence-corrected chi connectivity index (χ4v) is 5.90. The lowest BCUT2D eigenvalue weighted by atomic mass is 9.56. The van der Waals surface area contributed by atoms with Crippen LogP contribution in [0.15, 0.2) is 24.3 Å². The van der Waals surface area contributed by atoms with Crippen molar-refractivity contribution in [3.63, 3.8) is 0 Å². The smallest absolute Gasteiger partial charge is 0.140 e. The van der Waals surface area contributed by atoms with Crippen LogP contribution in [-0.4, -0.2) is 29.8 Å². The second kappa shape index (κ2) is 5.73. The van der Waals surface area contributed by atoms with Crippen LogP contribution in [0.1, 0.15) is 56.6 Å². The number of likely N-dealkylation sites (N-methyl/N-ethyl adjacent to an activating group) is 1. The van der Waals surface area contributed by atoms with Crippen LogP contribution >= 0.6 is 0 Å². The zero-order valence-corrected chi connectivity index (χ0v) is 14.7. The lowest BCUT2D eigenvalue weighted by Crippen LogP contribution is -2.63. The highest BCUT2D eigenvalue weighted by Crippen LogP contribution is 2.54. The van der Waals surface area contributed by atoms with E-state index in [0.29, 0.717) is 29.7 Å². The van der Waals surface area contributed by atoms with Crippen LogP contribution in [0.4, 0.5) is 0 Å². The first-order valence-electron chi connectivity index (χ1n) is 9.49. The van der Waals surface area contributed by atoms with Crippen LogP contribution < -0.4 is 0 Å². The van der Waals surface area contributed by atoms with Gasteiger partial charge in [-0.15, -0.1) is 0 Å². The summed E-state index contributed by atoms with van der Waals surface area (Å²) in [7, 11) is 2.28. The highest BCUT2D eigenvalue weighted by Gasteiger charge is 2.54. The second-order valence-electron chi connectivity index (χ2n) is 7.97. The molecule has 0 radical (unpaired) electrons. The van der Waals surface area contributed by atoms with Crippen molar-refractivity contribution in [1.29, 1.82) is 0 Å². The molecule has 5 unspecified atom stereocenters. The van der Waals surface area contributed by atoms with Gasteiger partial charge in [0.05, 0.1) is 0 Å². The maximum absolute atomic E-state index is 13.0. The van der Waals surface area contributed by atoms with Gasteiger partial charge in [0.25, 0.3) is 0 Å². The molecule has 2 heteroatoms. The molecule has 2 aliphatic carbocycles. The molecule has 0 spiro atoms. The van der Waals surface area contributed by atoms with Crippen molar-refractivity contribution in [3.8, 4) is 0 Å². The number of nitrogens with zero attached hydrogens (tertiary/aromatic N) is 1. The van der Waals surface area contributed by atoms with Gasteiger partial charge in [-0.1, -0.05) is 38.1 Å². The molecule has 3 fully saturated rings. The predicted octanol–water partition coefficient (Wildman–Crippen LogP) is 4.04. The summed E-state index contributed by atoms with van der Waals surface area (Å²) in [4.78, 5) is 15.6. The van der Waals surface area contributed by atoms with Crippen molar-refractivity contribution in [2.24, 2.45) is 17.8 Å². The highest BCUT2D eigenvalue weighted by molar-refractivity contribution is 5.84. The maximum Gasteiger partial charge on any atom is 0.140 e. The van der Waals surface area contributed by atoms with Crippen molar-refractivity contribution in [2.75, 3.05) is 7.05 Å². The lowest BCUT2D eigenvalue weighted by Gasteiger charge is -2.59. The normalized spacial score (nSPS) is 35.4. The van der Waals surface area contributed by atoms with E-state index in [-0.39, 0.29) is 11.8 Å². The summed E-state index contributed by atoms with van der Waals surface area (Å²) in [5.41, 5.74) is 3.13. The van der Waals surface area contributed by atoms with Crippen LogP contribution in [0, 0.1) is 17.8 Å². The summed E-state index contributed by atoms with van der Waals surface area (Å²) >= 11 is 0. The number of benzene rings is 1. The summed E-state index contributed by atoms with van der Waals surface area (Å²) < 4.78 is 0. The van der Waals surface area contributed by atoms with Crippen LogP contribution in [-0.2, 0) is 11.2 Å². The number of carbonyl (C=O) groups is 1. The van der Waals surface area contributed by atoms with Gasteiger partial charge >= 0.3 is 0 Å². The minimum Gasteiger partial charge on any atom is -0.299 e. The number of hydrogen-bond acceptors (Lipinski definition) is 2. The monoisotopic (exact) mass is 311 g/mol. The van der Waals surface area contributed by atoms with Crippen molar-refractivity contribution in [2.45, 2.75) is 64.0 Å². The van der Waals surface area contributed by atoms with E-state index in [2.05, 4.69) is 50.1 Å². The first-order chi connectivity index (χ1) is 11.2. The van der Waals surface area contributed by atoms with E-state index in [1.807, 2.05) is 0 Å². The molecule has 124 valence electrons. The molecule has 4 aliphatic rings. The molecule has 1 aromatic rings. The van der Waals surface area contributed by atoms with Gasteiger partial charge in [-0.2, -0.15) is 0 Å². The minimum absolute atomic E-state index is 0.278. The van der Waals surface area contributed by atoms with Gasteiger partial charge in [-0.25, -0.2) is 0 Å². The molecule has 1 aromatic carbocycles. The van der Waals surface area contributed by atoms with Crippen LogP contribution in [0.5, 0.6) is 0 Å². The Balaban J connectivity index is 1.64. The van der Waals surface area contributed by atoms with E-state index in [4.69, 9.17) is 0 Å². The molecule has 0 aromatic heterocycles. The largest absolute Gasteiger partial charge is 0.299 e. The zero-order valence-electron chi connectivity index (χ0n) is 14.7. The Bertz CT molecular complexity index is 606. The molecule has 23 heavy (non-hydrogen) atoms. The van der Waals surface area contributed by atoms with E-state index in [0.717, 1.165) is 19.3 Å². The van der Waals surface area contributed by atoms with Crippen LogP contribution in [0.25, 0.3) is 0 Å². The molecule has 2 aliphatic heterocycles. The summed E-state index contributed by atoms with van der Waals surface area (Å²) in [6.45, 7) is 4.34. The Kier molecular flexibility index (Phi) is 3.84. The number of fused-ring (bicyclic) bond motifs is 2. The summed E-state index contributed by atoms with van der Waals surface area (Å²) in [5.74, 6) is 2.50. The molecule has 1 saturated carbocycles. The first kappa shape index (κ1) is 15.4. The third kappa shape index (κ3) is 2.21. The van der Waals surface area contributed by atoms with E-state index < -0.39 is 0 Å². The molecule has 2 nitrogen and oxygen atoms in total. The molecule has 0 amide bonds. The molecule has 5 atom stereocenters. The number of hydrogen-bond donors (Lipinski definition) is 0. The van der Waals surface area contributed by atoms with Gasteiger partial charge in [0.15, 0.2) is 0 Å². The second-order valence-corrected chi connectivity index (χ2v) is 7.97. The van der Waals surface area contributed by atoms with Gasteiger partial charge in [0.2, 0.25) is 0 Å². The van der Waals surface area contributed by atoms with Crippen LogP contribution in [0.2, 0.25) is 0 Å². The van der Waals surface area contributed by atoms with Crippen molar-refractivity contribution < 1.29 is 4.79 Å². The Hall–Kier alpha value is -1.15. The van der Waals surface area contributed by atoms with Gasteiger partial charge in [-0.3, -0.25) is 9.69 Å². The van der Waals surface area contributed by atoms with Crippen molar-refractivity contribution >= 4 is 5.78 Å². The fraction of sp³-hybridized carbons (Fsp3) is 0.667. The molecule has 5 rings (SSSR count). The van der Waals surface area contributed by atoms with E-state index in [1.54, 1.807) is 11.1 Å². The lowest BCUT2D eigenvalue weighted by molar-refractivity contribution is -0.139. The maximum atomic E-state index is 13.0. The highest BCUT2D eigenvalue weighted by atomic mass is 16.1. The molecule has 0 N–H and O–H groups in total. The minimum atomic E-state index is 0.278. The van der Waals surface area contributed by atoms with E-state index in [9.17, 15) is 4.79 Å². The average Bonchev–Trinajstić information content (AvgIpc) is 2.59. The predicted molar refractivity (Wildman–Crippen MR) is 93.5 cm³/mol. The number of Topliss-reactive ketones (excluding diaryl/α,β-unsaturated/α-hetero) is 1. The van der Waals surface area contributed by atoms with Crippen molar-refractivity contribution in [1.82, 2.24) is 4.90 Å². The fourth-order valence-electron chi connectivity index (χ4n) is 5.90. The SMILES string of the molecule is CCC(CC)C(=O)C1CC2C3CC1N(C)C2Cc1ccccc13. The number of ketones is 1. The summed E-state index contributed by atoms with van der Waals surface area (Å²) in [6.07, 6.45) is 5.50. The summed E-state index contributed by atoms with van der Waals surface area (Å²) in [6, 6.07) is 10.1. The third-order valence-electron chi connectivity index (χ3n) is 7.18. The molecule has 4 bridgehead atoms. The number of carbonyl (C=O) groups excluding carboxylic acids is 1. The number of rotatable bonds is 4. The van der Waals surface area contributed by atoms with Crippen molar-refractivity contribution in [3.05, 3.63) is 35.4 Å². The molecular weight excluding hydrogens is 282 g/mol.